The van der Waals surface area contributed by atoms with Gasteiger partial charge in [0.25, 0.3) is 0 Å². The Balaban J connectivity index is 1.70. The number of anilines is 2. The van der Waals surface area contributed by atoms with Crippen molar-refractivity contribution in [3.63, 3.8) is 0 Å². The standard InChI is InChI=1S/C20H18N2O3/c1-3-14-5-4-6-16(11-14)21-19(24)22-17-7-8-18-15(12-17)9-10-20(2,13-23)25-18/h1,4-12,23H,13H2,2H3,(H2,21,22,24). The molecule has 0 radical (unpaired) electrons. The fraction of sp³-hybridized carbons (Fsp3) is 0.150. The van der Waals surface area contributed by atoms with Crippen molar-refractivity contribution in [3.05, 3.63) is 59.7 Å². The number of benzene rings is 2. The van der Waals surface area contributed by atoms with Gasteiger partial charge in [-0.3, -0.25) is 0 Å². The molecular weight excluding hydrogens is 316 g/mol. The van der Waals surface area contributed by atoms with Gasteiger partial charge >= 0.3 is 6.03 Å². The van der Waals surface area contributed by atoms with Crippen LogP contribution in [0.15, 0.2) is 48.5 Å². The van der Waals surface area contributed by atoms with Gasteiger partial charge in [-0.2, -0.15) is 0 Å². The highest BCUT2D eigenvalue weighted by Gasteiger charge is 2.26. The van der Waals surface area contributed by atoms with Crippen molar-refractivity contribution in [1.29, 1.82) is 0 Å². The van der Waals surface area contributed by atoms with E-state index in [4.69, 9.17) is 11.2 Å². The van der Waals surface area contributed by atoms with E-state index in [0.29, 0.717) is 22.7 Å². The molecule has 1 unspecified atom stereocenters. The second kappa shape index (κ2) is 6.71. The summed E-state index contributed by atoms with van der Waals surface area (Å²) < 4.78 is 5.77. The van der Waals surface area contributed by atoms with E-state index in [2.05, 4.69) is 16.6 Å². The third-order valence-corrected chi connectivity index (χ3v) is 3.83. The number of carbonyl (C=O) groups excluding carboxylic acids is 1. The first kappa shape index (κ1) is 16.6. The Kier molecular flexibility index (Phi) is 4.46. The Morgan fingerprint density at radius 3 is 2.72 bits per heavy atom. The summed E-state index contributed by atoms with van der Waals surface area (Å²) in [5.74, 6) is 3.18. The highest BCUT2D eigenvalue weighted by molar-refractivity contribution is 6.00. The summed E-state index contributed by atoms with van der Waals surface area (Å²) in [7, 11) is 0. The second-order valence-corrected chi connectivity index (χ2v) is 5.96. The summed E-state index contributed by atoms with van der Waals surface area (Å²) in [6.07, 6.45) is 9.02. The average molecular weight is 334 g/mol. The molecule has 0 fully saturated rings. The molecule has 0 aromatic heterocycles. The van der Waals surface area contributed by atoms with Gasteiger partial charge in [-0.1, -0.05) is 18.1 Å². The van der Waals surface area contributed by atoms with Gasteiger partial charge in [0.1, 0.15) is 11.4 Å². The molecule has 0 aliphatic carbocycles. The molecule has 1 aliphatic rings. The first-order valence-electron chi connectivity index (χ1n) is 7.79. The maximum atomic E-state index is 12.1. The number of ether oxygens (including phenoxy) is 1. The number of aliphatic hydroxyl groups is 1. The average Bonchev–Trinajstić information content (AvgIpc) is 2.62. The van der Waals surface area contributed by atoms with Crippen molar-refractivity contribution in [1.82, 2.24) is 0 Å². The minimum absolute atomic E-state index is 0.109. The smallest absolute Gasteiger partial charge is 0.323 e. The van der Waals surface area contributed by atoms with E-state index < -0.39 is 5.60 Å². The van der Waals surface area contributed by atoms with Gasteiger partial charge in [0.15, 0.2) is 0 Å². The predicted molar refractivity (Wildman–Crippen MR) is 98.6 cm³/mol. The van der Waals surface area contributed by atoms with Crippen LogP contribution in [0, 0.1) is 12.3 Å². The Morgan fingerprint density at radius 2 is 2.00 bits per heavy atom. The van der Waals surface area contributed by atoms with E-state index >= 15 is 0 Å². The minimum Gasteiger partial charge on any atom is -0.480 e. The maximum Gasteiger partial charge on any atom is 0.323 e. The van der Waals surface area contributed by atoms with Crippen molar-refractivity contribution in [2.24, 2.45) is 0 Å². The van der Waals surface area contributed by atoms with E-state index in [1.165, 1.54) is 0 Å². The van der Waals surface area contributed by atoms with Crippen LogP contribution in [0.2, 0.25) is 0 Å². The molecule has 0 saturated heterocycles. The number of hydrogen-bond donors (Lipinski definition) is 3. The Labute approximate surface area is 146 Å². The Bertz CT molecular complexity index is 883. The molecule has 0 spiro atoms. The van der Waals surface area contributed by atoms with Crippen molar-refractivity contribution in [3.8, 4) is 18.1 Å². The molecule has 5 heteroatoms. The van der Waals surface area contributed by atoms with Gasteiger partial charge in [0.2, 0.25) is 0 Å². The molecule has 2 aromatic rings. The van der Waals surface area contributed by atoms with Crippen LogP contribution in [-0.4, -0.2) is 23.3 Å². The quantitative estimate of drug-likeness (QED) is 0.753. The number of amides is 2. The van der Waals surface area contributed by atoms with Crippen LogP contribution in [0.4, 0.5) is 16.2 Å². The minimum atomic E-state index is -0.721. The number of aliphatic hydroxyl groups excluding tert-OH is 1. The zero-order chi connectivity index (χ0) is 17.9. The first-order valence-corrected chi connectivity index (χ1v) is 7.79. The summed E-state index contributed by atoms with van der Waals surface area (Å²) >= 11 is 0. The summed E-state index contributed by atoms with van der Waals surface area (Å²) in [4.78, 5) is 12.1. The predicted octanol–water partition coefficient (Wildman–Crippen LogP) is 3.47. The zero-order valence-corrected chi connectivity index (χ0v) is 13.7. The van der Waals surface area contributed by atoms with Crippen molar-refractivity contribution < 1.29 is 14.6 Å². The van der Waals surface area contributed by atoms with Crippen molar-refractivity contribution >= 4 is 23.5 Å². The number of hydrogen-bond acceptors (Lipinski definition) is 3. The summed E-state index contributed by atoms with van der Waals surface area (Å²) in [6.45, 7) is 1.69. The normalized spacial score (nSPS) is 17.8. The molecule has 3 rings (SSSR count). The third kappa shape index (κ3) is 3.82. The number of terminal acetylenes is 1. The molecule has 25 heavy (non-hydrogen) atoms. The van der Waals surface area contributed by atoms with Gasteiger partial charge in [-0.15, -0.1) is 6.42 Å². The van der Waals surface area contributed by atoms with E-state index in [1.807, 2.05) is 6.08 Å². The van der Waals surface area contributed by atoms with Gasteiger partial charge in [0, 0.05) is 22.5 Å². The van der Waals surface area contributed by atoms with Gasteiger partial charge < -0.3 is 20.5 Å². The third-order valence-electron chi connectivity index (χ3n) is 3.83. The van der Waals surface area contributed by atoms with E-state index in [1.54, 1.807) is 55.5 Å². The highest BCUT2D eigenvalue weighted by atomic mass is 16.5. The first-order chi connectivity index (χ1) is 12.0. The van der Waals surface area contributed by atoms with Crippen LogP contribution in [-0.2, 0) is 0 Å². The monoisotopic (exact) mass is 334 g/mol. The molecule has 1 aliphatic heterocycles. The second-order valence-electron chi connectivity index (χ2n) is 5.96. The summed E-state index contributed by atoms with van der Waals surface area (Å²) in [5, 5.41) is 14.9. The number of urea groups is 1. The molecule has 2 amide bonds. The van der Waals surface area contributed by atoms with E-state index in [9.17, 15) is 9.90 Å². The summed E-state index contributed by atoms with van der Waals surface area (Å²) in [6, 6.07) is 12.0. The highest BCUT2D eigenvalue weighted by Crippen LogP contribution is 2.32. The van der Waals surface area contributed by atoms with Crippen molar-refractivity contribution in [2.75, 3.05) is 17.2 Å². The van der Waals surface area contributed by atoms with Crippen LogP contribution in [0.1, 0.15) is 18.1 Å². The van der Waals surface area contributed by atoms with Gasteiger partial charge in [-0.25, -0.2) is 4.79 Å². The Hall–Kier alpha value is -3.23. The molecule has 0 saturated carbocycles. The lowest BCUT2D eigenvalue weighted by molar-refractivity contribution is 0.0641. The topological polar surface area (TPSA) is 70.6 Å². The van der Waals surface area contributed by atoms with Crippen molar-refractivity contribution in [2.45, 2.75) is 12.5 Å². The molecule has 1 atom stereocenters. The van der Waals surface area contributed by atoms with E-state index in [0.717, 1.165) is 5.56 Å². The van der Waals surface area contributed by atoms with Crippen LogP contribution in [0.25, 0.3) is 6.08 Å². The summed E-state index contributed by atoms with van der Waals surface area (Å²) in [5.41, 5.74) is 2.05. The maximum absolute atomic E-state index is 12.1. The number of carbonyl (C=O) groups is 1. The van der Waals surface area contributed by atoms with E-state index in [-0.39, 0.29) is 12.6 Å². The number of rotatable bonds is 3. The lowest BCUT2D eigenvalue weighted by Gasteiger charge is -2.29. The molecule has 0 bridgehead atoms. The van der Waals surface area contributed by atoms with Crippen LogP contribution < -0.4 is 15.4 Å². The van der Waals surface area contributed by atoms with Gasteiger partial charge in [0.05, 0.1) is 6.61 Å². The Morgan fingerprint density at radius 1 is 1.24 bits per heavy atom. The number of fused-ring (bicyclic) bond motifs is 1. The lowest BCUT2D eigenvalue weighted by Crippen LogP contribution is -2.35. The van der Waals surface area contributed by atoms with Gasteiger partial charge in [-0.05, 0) is 49.4 Å². The largest absolute Gasteiger partial charge is 0.480 e. The van der Waals surface area contributed by atoms with Crippen LogP contribution in [0.3, 0.4) is 0 Å². The molecule has 5 nitrogen and oxygen atoms in total. The van der Waals surface area contributed by atoms with Crippen LogP contribution >= 0.6 is 0 Å². The van der Waals surface area contributed by atoms with Crippen LogP contribution in [0.5, 0.6) is 5.75 Å². The number of nitrogens with one attached hydrogen (secondary N) is 2. The molecule has 1 heterocycles. The zero-order valence-electron chi connectivity index (χ0n) is 13.7. The molecular formula is C20H18N2O3. The fourth-order valence-electron chi connectivity index (χ4n) is 2.47. The molecule has 3 N–H and O–H groups in total. The SMILES string of the molecule is C#Cc1cccc(NC(=O)Nc2ccc3c(c2)C=CC(C)(CO)O3)c1. The lowest BCUT2D eigenvalue weighted by atomic mass is 10.0. The fourth-order valence-corrected chi connectivity index (χ4v) is 2.47. The molecule has 2 aromatic carbocycles. The molecule has 126 valence electrons.